The molecule has 14 nitrogen and oxygen atoms in total. The Morgan fingerprint density at radius 1 is 0.458 bits per heavy atom. The second kappa shape index (κ2) is 29.9. The molecule has 0 heterocycles. The molecule has 0 saturated heterocycles. The van der Waals surface area contributed by atoms with Crippen LogP contribution in [0.15, 0.2) is 0 Å². The largest absolute Gasteiger partial charge is 0.480 e. The second-order valence-electron chi connectivity index (χ2n) is 13.3. The van der Waals surface area contributed by atoms with Crippen LogP contribution >= 0.6 is 0 Å². The average Bonchev–Trinajstić information content (AvgIpc) is 2.95. The fourth-order valence-corrected chi connectivity index (χ4v) is 6.39. The molecular formula is C29H66F12N6O8S4. The first-order valence-corrected chi connectivity index (χ1v) is 22.4. The summed E-state index contributed by atoms with van der Waals surface area (Å²) in [6, 6.07) is 0. The molecule has 0 saturated carbocycles. The molecule has 0 amide bonds. The van der Waals surface area contributed by atoms with E-state index in [9.17, 15) is 86.4 Å². The third kappa shape index (κ3) is 38.2. The zero-order chi connectivity index (χ0) is 47.2. The lowest BCUT2D eigenvalue weighted by Crippen LogP contribution is -2.35. The van der Waals surface area contributed by atoms with E-state index in [1.165, 1.54) is 64.8 Å². The molecule has 0 aromatic heterocycles. The predicted octanol–water partition coefficient (Wildman–Crippen LogP) is 7.70. The molecule has 0 aromatic rings. The Balaban J connectivity index is -0.000000118. The topological polar surface area (TPSA) is 180 Å². The van der Waals surface area contributed by atoms with Crippen LogP contribution in [-0.4, -0.2) is 158 Å². The van der Waals surface area contributed by atoms with Crippen molar-refractivity contribution < 1.29 is 95.3 Å². The van der Waals surface area contributed by atoms with E-state index in [0.717, 1.165) is 30.3 Å². The number of hydrogen-bond donors (Lipinski definition) is 1. The van der Waals surface area contributed by atoms with Crippen molar-refractivity contribution in [3.63, 3.8) is 0 Å². The van der Waals surface area contributed by atoms with E-state index in [1.807, 2.05) is 0 Å². The summed E-state index contributed by atoms with van der Waals surface area (Å²) in [6.07, 6.45) is 6.78. The normalized spacial score (nSPS) is 13.1. The smallest absolute Gasteiger partial charge is 0.421 e. The Morgan fingerprint density at radius 2 is 0.695 bits per heavy atom. The van der Waals surface area contributed by atoms with E-state index in [2.05, 4.69) is 87.1 Å². The van der Waals surface area contributed by atoms with Crippen LogP contribution in [-0.2, 0) is 40.1 Å². The first-order chi connectivity index (χ1) is 24.9. The number of alkyl halides is 12. The molecule has 59 heavy (non-hydrogen) atoms. The van der Waals surface area contributed by atoms with Crippen LogP contribution in [0.1, 0.15) is 81.6 Å². The standard InChI is InChI=1S/C11H27N2.C8H20N.C4H11N.2C2F6NO4S2.2CH4/c1-6-12(7-2)10-8-9-11-13(3,4)5;1-5-6-7-8-9(2,3)4;1-3-5-4-2;2*3-1(4,5)14(10,11)9-15(12,13)2(6,7)8;;/h6-11H2,1-5H3;5-8H2,1-4H3;5H,3-4H2,1-2H3;;;2*1H4/q2*+1;;2*-1;;. The van der Waals surface area contributed by atoms with Gasteiger partial charge in [0.05, 0.1) is 55.4 Å². The fourth-order valence-electron chi connectivity index (χ4n) is 2.97. The maximum Gasteiger partial charge on any atom is 0.480 e. The SMILES string of the molecule is C.C.CCCCC[N+](C)(C)C.CCN(CC)CCCC[N+](C)(C)C.CCNCC.O=S(=O)([N-]S(=O)(=O)C(F)(F)F)C(F)(F)F.O=S(=O)([N-]S(=O)(=O)C(F)(F)F)C(F)(F)F. The Kier molecular flexibility index (Phi) is 36.6. The summed E-state index contributed by atoms with van der Waals surface area (Å²) in [6.45, 7) is 19.4. The molecule has 1 N–H and O–H groups in total. The number of hydrogen-bond acceptors (Lipinski definition) is 10. The number of quaternary nitrogens is 2. The van der Waals surface area contributed by atoms with Crippen molar-refractivity contribution in [2.75, 3.05) is 88.1 Å². The van der Waals surface area contributed by atoms with Crippen molar-refractivity contribution in [3.05, 3.63) is 8.25 Å². The minimum atomic E-state index is -6.72. The monoisotopic (exact) mass is 982 g/mol. The second-order valence-corrected chi connectivity index (χ2v) is 20.1. The molecule has 0 radical (unpaired) electrons. The van der Waals surface area contributed by atoms with Gasteiger partial charge in [-0.25, -0.2) is 33.7 Å². The van der Waals surface area contributed by atoms with E-state index in [4.69, 9.17) is 0 Å². The summed E-state index contributed by atoms with van der Waals surface area (Å²) in [4.78, 5) is 2.50. The molecule has 30 heteroatoms. The van der Waals surface area contributed by atoms with Gasteiger partial charge in [0.2, 0.25) is 0 Å². The summed E-state index contributed by atoms with van der Waals surface area (Å²) in [5, 5.41) is 3.11. The van der Waals surface area contributed by atoms with Crippen LogP contribution in [0.4, 0.5) is 52.7 Å². The molecule has 0 spiro atoms. The van der Waals surface area contributed by atoms with Crippen molar-refractivity contribution in [2.24, 2.45) is 0 Å². The van der Waals surface area contributed by atoms with E-state index in [0.29, 0.717) is 0 Å². The van der Waals surface area contributed by atoms with Crippen molar-refractivity contribution in [3.8, 4) is 0 Å². The first kappa shape index (κ1) is 72.2. The molecule has 0 bridgehead atoms. The van der Waals surface area contributed by atoms with E-state index in [1.54, 1.807) is 0 Å². The highest BCUT2D eigenvalue weighted by molar-refractivity contribution is 8.13. The van der Waals surface area contributed by atoms with Gasteiger partial charge < -0.3 is 27.4 Å². The van der Waals surface area contributed by atoms with Gasteiger partial charge in [-0.3, -0.25) is 0 Å². The lowest BCUT2D eigenvalue weighted by Gasteiger charge is -2.24. The number of nitrogens with zero attached hydrogens (tertiary/aromatic N) is 5. The molecule has 0 fully saturated rings. The number of halogens is 12. The average molecular weight is 983 g/mol. The molecule has 0 rings (SSSR count). The predicted molar refractivity (Wildman–Crippen MR) is 207 cm³/mol. The quantitative estimate of drug-likeness (QED) is 0.0862. The molecule has 0 aliphatic rings. The molecule has 368 valence electrons. The molecule has 0 aromatic carbocycles. The van der Waals surface area contributed by atoms with Crippen LogP contribution in [0, 0.1) is 0 Å². The van der Waals surface area contributed by atoms with Crippen molar-refractivity contribution in [1.29, 1.82) is 0 Å². The highest BCUT2D eigenvalue weighted by Crippen LogP contribution is 2.37. The van der Waals surface area contributed by atoms with Gasteiger partial charge in [-0.1, -0.05) is 55.9 Å². The Morgan fingerprint density at radius 3 is 0.847 bits per heavy atom. The maximum atomic E-state index is 11.4. The van der Waals surface area contributed by atoms with Crippen molar-refractivity contribution in [2.45, 2.75) is 104 Å². The van der Waals surface area contributed by atoms with Crippen LogP contribution in [0.3, 0.4) is 0 Å². The molecule has 0 unspecified atom stereocenters. The van der Waals surface area contributed by atoms with Gasteiger partial charge in [-0.15, -0.1) is 0 Å². The van der Waals surface area contributed by atoms with Gasteiger partial charge >= 0.3 is 22.0 Å². The highest BCUT2D eigenvalue weighted by atomic mass is 32.3. The number of unbranched alkanes of at least 4 members (excludes halogenated alkanes) is 3. The third-order valence-corrected chi connectivity index (χ3v) is 11.4. The number of nitrogens with one attached hydrogen (secondary N) is 1. The van der Waals surface area contributed by atoms with Gasteiger partial charge in [0, 0.05) is 0 Å². The van der Waals surface area contributed by atoms with Crippen molar-refractivity contribution >= 4 is 40.1 Å². The summed E-state index contributed by atoms with van der Waals surface area (Å²) in [7, 11) is -13.4. The van der Waals surface area contributed by atoms with Gasteiger partial charge in [0.25, 0.3) is 0 Å². The van der Waals surface area contributed by atoms with Crippen molar-refractivity contribution in [1.82, 2.24) is 10.2 Å². The van der Waals surface area contributed by atoms with Gasteiger partial charge in [-0.2, -0.15) is 52.7 Å². The van der Waals surface area contributed by atoms with Gasteiger partial charge in [0.15, 0.2) is 40.1 Å². The molecular weight excluding hydrogens is 917 g/mol. The third-order valence-electron chi connectivity index (χ3n) is 5.94. The Hall–Kier alpha value is -1.28. The van der Waals surface area contributed by atoms with Gasteiger partial charge in [-0.05, 0) is 58.4 Å². The van der Waals surface area contributed by atoms with Crippen LogP contribution in [0.25, 0.3) is 8.25 Å². The van der Waals surface area contributed by atoms with E-state index < -0.39 is 62.1 Å². The zero-order valence-electron chi connectivity index (χ0n) is 33.7. The molecule has 0 atom stereocenters. The first-order valence-electron chi connectivity index (χ1n) is 16.7. The summed E-state index contributed by atoms with van der Waals surface area (Å²) >= 11 is 0. The Bertz CT molecular complexity index is 1340. The van der Waals surface area contributed by atoms with E-state index >= 15 is 0 Å². The lowest BCUT2D eigenvalue weighted by molar-refractivity contribution is -0.870. The van der Waals surface area contributed by atoms with Crippen LogP contribution in [0.2, 0.25) is 0 Å². The van der Waals surface area contributed by atoms with Crippen LogP contribution < -0.4 is 5.32 Å². The highest BCUT2D eigenvalue weighted by Gasteiger charge is 2.48. The molecule has 0 aliphatic carbocycles. The number of sulfonamides is 4. The molecule has 0 aliphatic heterocycles. The lowest BCUT2D eigenvalue weighted by atomic mass is 10.2. The fraction of sp³-hybridized carbons (Fsp3) is 1.00. The maximum absolute atomic E-state index is 11.4. The minimum Gasteiger partial charge on any atom is -0.421 e. The number of rotatable bonds is 17. The minimum absolute atomic E-state index is 0. The summed E-state index contributed by atoms with van der Waals surface area (Å²) in [5.74, 6) is 0. The Labute approximate surface area is 344 Å². The summed E-state index contributed by atoms with van der Waals surface area (Å²) in [5.41, 5.74) is -24.8. The zero-order valence-corrected chi connectivity index (χ0v) is 36.9. The van der Waals surface area contributed by atoms with E-state index in [-0.39, 0.29) is 14.9 Å². The van der Waals surface area contributed by atoms with Gasteiger partial charge in [0.1, 0.15) is 0 Å². The van der Waals surface area contributed by atoms with Crippen LogP contribution in [0.5, 0.6) is 0 Å². The summed E-state index contributed by atoms with van der Waals surface area (Å²) < 4.78 is 221.